The van der Waals surface area contributed by atoms with Gasteiger partial charge in [-0.3, -0.25) is 9.58 Å². The molecule has 0 saturated carbocycles. The van der Waals surface area contributed by atoms with Crippen LogP contribution >= 0.6 is 0 Å². The number of hydrogen-bond donors (Lipinski definition) is 1. The first kappa shape index (κ1) is 15.2. The summed E-state index contributed by atoms with van der Waals surface area (Å²) in [6, 6.07) is 2.50. The molecule has 1 aromatic heterocycles. The molecule has 104 valence electrons. The SMILES string of the molecule is CCN(CC)C(C)(C)C(Cc1ccn(C)n1)NC. The fourth-order valence-corrected chi connectivity index (χ4v) is 2.75. The summed E-state index contributed by atoms with van der Waals surface area (Å²) >= 11 is 0. The average Bonchev–Trinajstić information content (AvgIpc) is 2.72. The number of nitrogens with one attached hydrogen (secondary N) is 1. The highest BCUT2D eigenvalue weighted by Gasteiger charge is 2.33. The molecule has 0 aliphatic rings. The fourth-order valence-electron chi connectivity index (χ4n) is 2.75. The summed E-state index contributed by atoms with van der Waals surface area (Å²) in [5.74, 6) is 0. The van der Waals surface area contributed by atoms with E-state index in [-0.39, 0.29) is 5.54 Å². The van der Waals surface area contributed by atoms with Crippen molar-refractivity contribution in [1.82, 2.24) is 20.0 Å². The normalized spacial score (nSPS) is 14.2. The lowest BCUT2D eigenvalue weighted by atomic mass is 9.89. The van der Waals surface area contributed by atoms with E-state index in [1.165, 1.54) is 0 Å². The maximum atomic E-state index is 4.48. The molecule has 0 aromatic carbocycles. The fraction of sp³-hybridized carbons (Fsp3) is 0.786. The predicted octanol–water partition coefficient (Wildman–Crippen LogP) is 1.67. The Bertz CT molecular complexity index is 352. The summed E-state index contributed by atoms with van der Waals surface area (Å²) in [4.78, 5) is 2.50. The van der Waals surface area contributed by atoms with Crippen molar-refractivity contribution in [3.63, 3.8) is 0 Å². The largest absolute Gasteiger partial charge is 0.315 e. The molecule has 1 N–H and O–H groups in total. The minimum Gasteiger partial charge on any atom is -0.315 e. The Morgan fingerprint density at radius 1 is 1.39 bits per heavy atom. The molecule has 1 aromatic rings. The minimum atomic E-state index is 0.121. The molecule has 1 rings (SSSR count). The second-order valence-electron chi connectivity index (χ2n) is 5.35. The van der Waals surface area contributed by atoms with Crippen molar-refractivity contribution in [3.8, 4) is 0 Å². The lowest BCUT2D eigenvalue weighted by Gasteiger charge is -2.43. The Labute approximate surface area is 111 Å². The zero-order valence-electron chi connectivity index (χ0n) is 12.7. The van der Waals surface area contributed by atoms with Crippen LogP contribution in [0.3, 0.4) is 0 Å². The van der Waals surface area contributed by atoms with Gasteiger partial charge < -0.3 is 5.32 Å². The van der Waals surface area contributed by atoms with Gasteiger partial charge in [-0.1, -0.05) is 13.8 Å². The molecule has 0 aliphatic heterocycles. The molecule has 0 bridgehead atoms. The summed E-state index contributed by atoms with van der Waals surface area (Å²) in [6.07, 6.45) is 2.97. The molecule has 18 heavy (non-hydrogen) atoms. The third kappa shape index (κ3) is 3.33. The summed E-state index contributed by atoms with van der Waals surface area (Å²) in [7, 11) is 4.01. The summed E-state index contributed by atoms with van der Waals surface area (Å²) < 4.78 is 1.87. The number of hydrogen-bond acceptors (Lipinski definition) is 3. The molecule has 4 heteroatoms. The lowest BCUT2D eigenvalue weighted by Crippen LogP contribution is -2.57. The number of aryl methyl sites for hydroxylation is 1. The molecule has 1 atom stereocenters. The number of rotatable bonds is 7. The first-order valence-corrected chi connectivity index (χ1v) is 6.86. The van der Waals surface area contributed by atoms with Crippen LogP contribution in [0.1, 0.15) is 33.4 Å². The van der Waals surface area contributed by atoms with Crippen LogP contribution < -0.4 is 5.32 Å². The van der Waals surface area contributed by atoms with Crippen molar-refractivity contribution in [2.24, 2.45) is 7.05 Å². The number of likely N-dealkylation sites (N-methyl/N-ethyl adjacent to an activating group) is 2. The van der Waals surface area contributed by atoms with Gasteiger partial charge in [0.25, 0.3) is 0 Å². The standard InChI is InChI=1S/C14H28N4/c1-7-18(8-2)14(3,4)13(15-5)11-12-9-10-17(6)16-12/h9-10,13,15H,7-8,11H2,1-6H3. The Morgan fingerprint density at radius 2 is 2.00 bits per heavy atom. The van der Waals surface area contributed by atoms with E-state index in [4.69, 9.17) is 0 Å². The van der Waals surface area contributed by atoms with Gasteiger partial charge in [0.2, 0.25) is 0 Å². The van der Waals surface area contributed by atoms with Crippen LogP contribution in [-0.4, -0.2) is 46.4 Å². The molecule has 0 aliphatic carbocycles. The highest BCUT2D eigenvalue weighted by atomic mass is 15.3. The lowest BCUT2D eigenvalue weighted by molar-refractivity contribution is 0.0939. The summed E-state index contributed by atoms with van der Waals surface area (Å²) in [5, 5.41) is 7.94. The van der Waals surface area contributed by atoms with E-state index in [1.54, 1.807) is 0 Å². The maximum absolute atomic E-state index is 4.48. The first-order chi connectivity index (χ1) is 8.45. The van der Waals surface area contributed by atoms with Crippen LogP contribution in [0.15, 0.2) is 12.3 Å². The molecule has 4 nitrogen and oxygen atoms in total. The summed E-state index contributed by atoms with van der Waals surface area (Å²) in [6.45, 7) is 11.2. The van der Waals surface area contributed by atoms with Gasteiger partial charge in [-0.05, 0) is 40.1 Å². The van der Waals surface area contributed by atoms with E-state index >= 15 is 0 Å². The van der Waals surface area contributed by atoms with Gasteiger partial charge in [-0.25, -0.2) is 0 Å². The second-order valence-corrected chi connectivity index (χ2v) is 5.35. The van der Waals surface area contributed by atoms with Crippen molar-refractivity contribution in [1.29, 1.82) is 0 Å². The van der Waals surface area contributed by atoms with Crippen LogP contribution in [0.25, 0.3) is 0 Å². The van der Waals surface area contributed by atoms with Crippen LogP contribution in [0.2, 0.25) is 0 Å². The van der Waals surface area contributed by atoms with E-state index in [2.05, 4.69) is 49.1 Å². The Morgan fingerprint density at radius 3 is 2.39 bits per heavy atom. The topological polar surface area (TPSA) is 33.1 Å². The van der Waals surface area contributed by atoms with Gasteiger partial charge in [-0.2, -0.15) is 5.10 Å². The molecular formula is C14H28N4. The quantitative estimate of drug-likeness (QED) is 0.801. The van der Waals surface area contributed by atoms with Crippen LogP contribution in [0, 0.1) is 0 Å². The molecule has 0 spiro atoms. The van der Waals surface area contributed by atoms with Gasteiger partial charge in [0.05, 0.1) is 5.69 Å². The van der Waals surface area contributed by atoms with Crippen molar-refractivity contribution in [3.05, 3.63) is 18.0 Å². The third-order valence-electron chi connectivity index (χ3n) is 3.96. The van der Waals surface area contributed by atoms with Crippen LogP contribution in [0.4, 0.5) is 0 Å². The van der Waals surface area contributed by atoms with Gasteiger partial charge >= 0.3 is 0 Å². The molecule has 0 saturated heterocycles. The van der Waals surface area contributed by atoms with Crippen molar-refractivity contribution in [2.45, 2.75) is 45.7 Å². The molecule has 0 amide bonds. The molecule has 0 fully saturated rings. The van der Waals surface area contributed by atoms with Gasteiger partial charge in [0, 0.05) is 31.2 Å². The van der Waals surface area contributed by atoms with E-state index in [9.17, 15) is 0 Å². The highest BCUT2D eigenvalue weighted by molar-refractivity contribution is 5.05. The smallest absolute Gasteiger partial charge is 0.0640 e. The second kappa shape index (κ2) is 6.34. The number of aromatic nitrogens is 2. The monoisotopic (exact) mass is 252 g/mol. The molecule has 1 heterocycles. The van der Waals surface area contributed by atoms with Crippen LogP contribution in [0.5, 0.6) is 0 Å². The van der Waals surface area contributed by atoms with E-state index in [1.807, 2.05) is 25.0 Å². The van der Waals surface area contributed by atoms with E-state index in [0.717, 1.165) is 25.2 Å². The zero-order valence-corrected chi connectivity index (χ0v) is 12.7. The Balaban J connectivity index is 2.81. The van der Waals surface area contributed by atoms with Crippen LogP contribution in [-0.2, 0) is 13.5 Å². The highest BCUT2D eigenvalue weighted by Crippen LogP contribution is 2.21. The first-order valence-electron chi connectivity index (χ1n) is 6.86. The van der Waals surface area contributed by atoms with Crippen molar-refractivity contribution < 1.29 is 0 Å². The van der Waals surface area contributed by atoms with E-state index < -0.39 is 0 Å². The summed E-state index contributed by atoms with van der Waals surface area (Å²) in [5.41, 5.74) is 1.27. The van der Waals surface area contributed by atoms with Crippen molar-refractivity contribution >= 4 is 0 Å². The minimum absolute atomic E-state index is 0.121. The van der Waals surface area contributed by atoms with Gasteiger partial charge in [-0.15, -0.1) is 0 Å². The predicted molar refractivity (Wildman–Crippen MR) is 76.8 cm³/mol. The van der Waals surface area contributed by atoms with Crippen molar-refractivity contribution in [2.75, 3.05) is 20.1 Å². The molecule has 1 unspecified atom stereocenters. The number of nitrogens with zero attached hydrogens (tertiary/aromatic N) is 3. The molecule has 0 radical (unpaired) electrons. The zero-order chi connectivity index (χ0) is 13.8. The average molecular weight is 252 g/mol. The Hall–Kier alpha value is -0.870. The van der Waals surface area contributed by atoms with Gasteiger partial charge in [0.1, 0.15) is 0 Å². The third-order valence-corrected chi connectivity index (χ3v) is 3.96. The molecular weight excluding hydrogens is 224 g/mol. The van der Waals surface area contributed by atoms with E-state index in [0.29, 0.717) is 6.04 Å². The maximum Gasteiger partial charge on any atom is 0.0640 e. The Kier molecular flexibility index (Phi) is 5.35. The van der Waals surface area contributed by atoms with Gasteiger partial charge in [0.15, 0.2) is 0 Å².